The normalized spacial score (nSPS) is 23.9. The number of nitrogens with one attached hydrogen (secondary N) is 3. The molecule has 0 amide bonds. The predicted octanol–water partition coefficient (Wildman–Crippen LogP) is 1.39. The van der Waals surface area contributed by atoms with Crippen LogP contribution in [0.25, 0.3) is 11.0 Å². The zero-order valence-electron chi connectivity index (χ0n) is 12.4. The zero-order valence-corrected chi connectivity index (χ0v) is 12.4. The highest BCUT2D eigenvalue weighted by Gasteiger charge is 2.19. The van der Waals surface area contributed by atoms with Gasteiger partial charge < -0.3 is 15.6 Å². The summed E-state index contributed by atoms with van der Waals surface area (Å²) in [6, 6.07) is 7.05. The Morgan fingerprint density at radius 2 is 2.10 bits per heavy atom. The summed E-state index contributed by atoms with van der Waals surface area (Å²) in [6.07, 6.45) is 2.43. The monoisotopic (exact) mass is 285 g/mol. The standard InChI is InChI=1S/C16H23N5/c1-2-14(18-5-1)16-19-13-4-3-12(10-15(13)20-16)11-21-8-6-17-7-9-21/h3-4,10,14,17-18H,1-2,5-9,11H2,(H,19,20). The second-order valence-electron chi connectivity index (χ2n) is 6.15. The molecule has 1 unspecified atom stereocenters. The summed E-state index contributed by atoms with van der Waals surface area (Å²) >= 11 is 0. The van der Waals surface area contributed by atoms with Gasteiger partial charge in [0.2, 0.25) is 0 Å². The van der Waals surface area contributed by atoms with Crippen LogP contribution >= 0.6 is 0 Å². The van der Waals surface area contributed by atoms with Crippen LogP contribution in [-0.4, -0.2) is 47.6 Å². The lowest BCUT2D eigenvalue weighted by atomic mass is 10.2. The number of piperazine rings is 1. The topological polar surface area (TPSA) is 56.0 Å². The Balaban J connectivity index is 1.54. The molecule has 2 saturated heterocycles. The fourth-order valence-corrected chi connectivity index (χ4v) is 3.39. The van der Waals surface area contributed by atoms with Crippen LogP contribution in [0.3, 0.4) is 0 Å². The molecule has 2 aromatic rings. The van der Waals surface area contributed by atoms with Crippen LogP contribution in [0.1, 0.15) is 30.3 Å². The first-order valence-corrected chi connectivity index (χ1v) is 8.03. The molecular formula is C16H23N5. The van der Waals surface area contributed by atoms with Gasteiger partial charge in [-0.3, -0.25) is 4.90 Å². The van der Waals surface area contributed by atoms with Gasteiger partial charge in [0.1, 0.15) is 5.82 Å². The van der Waals surface area contributed by atoms with Gasteiger partial charge in [0, 0.05) is 32.7 Å². The van der Waals surface area contributed by atoms with Gasteiger partial charge in [-0.05, 0) is 37.1 Å². The van der Waals surface area contributed by atoms with Crippen LogP contribution in [0.5, 0.6) is 0 Å². The molecule has 0 aliphatic carbocycles. The average molecular weight is 285 g/mol. The number of benzene rings is 1. The number of hydrogen-bond acceptors (Lipinski definition) is 4. The Hall–Kier alpha value is -1.43. The highest BCUT2D eigenvalue weighted by molar-refractivity contribution is 5.76. The van der Waals surface area contributed by atoms with E-state index in [2.05, 4.69) is 38.7 Å². The smallest absolute Gasteiger partial charge is 0.124 e. The van der Waals surface area contributed by atoms with E-state index in [1.165, 1.54) is 23.9 Å². The lowest BCUT2D eigenvalue weighted by Crippen LogP contribution is -2.42. The number of aromatic amines is 1. The maximum Gasteiger partial charge on any atom is 0.124 e. The zero-order chi connectivity index (χ0) is 14.1. The summed E-state index contributed by atoms with van der Waals surface area (Å²) in [5.41, 5.74) is 3.63. The lowest BCUT2D eigenvalue weighted by Gasteiger charge is -2.27. The molecule has 112 valence electrons. The quantitative estimate of drug-likeness (QED) is 0.798. The van der Waals surface area contributed by atoms with Gasteiger partial charge in [-0.25, -0.2) is 4.98 Å². The van der Waals surface area contributed by atoms with Crippen LogP contribution in [-0.2, 0) is 6.54 Å². The summed E-state index contributed by atoms with van der Waals surface area (Å²) in [5.74, 6) is 1.10. The largest absolute Gasteiger partial charge is 0.341 e. The third-order valence-electron chi connectivity index (χ3n) is 4.57. The maximum absolute atomic E-state index is 4.74. The summed E-state index contributed by atoms with van der Waals surface area (Å²) < 4.78 is 0. The van der Waals surface area contributed by atoms with Crippen molar-refractivity contribution in [1.82, 2.24) is 25.5 Å². The van der Waals surface area contributed by atoms with Crippen LogP contribution in [0, 0.1) is 0 Å². The number of hydrogen-bond donors (Lipinski definition) is 3. The molecule has 3 heterocycles. The van der Waals surface area contributed by atoms with E-state index in [4.69, 9.17) is 4.98 Å². The first-order valence-electron chi connectivity index (χ1n) is 8.03. The van der Waals surface area contributed by atoms with E-state index in [0.29, 0.717) is 6.04 Å². The number of imidazole rings is 1. The number of nitrogens with zero attached hydrogens (tertiary/aromatic N) is 2. The van der Waals surface area contributed by atoms with Gasteiger partial charge >= 0.3 is 0 Å². The van der Waals surface area contributed by atoms with Gasteiger partial charge in [0.05, 0.1) is 17.1 Å². The van der Waals surface area contributed by atoms with Crippen LogP contribution in [0.4, 0.5) is 0 Å². The van der Waals surface area contributed by atoms with Crippen molar-refractivity contribution in [2.75, 3.05) is 32.7 Å². The predicted molar refractivity (Wildman–Crippen MR) is 84.2 cm³/mol. The summed E-state index contributed by atoms with van der Waals surface area (Å²) in [4.78, 5) is 10.8. The minimum absolute atomic E-state index is 0.411. The molecule has 21 heavy (non-hydrogen) atoms. The van der Waals surface area contributed by atoms with Crippen LogP contribution < -0.4 is 10.6 Å². The molecule has 4 rings (SSSR count). The third kappa shape index (κ3) is 2.81. The fraction of sp³-hybridized carbons (Fsp3) is 0.562. The Morgan fingerprint density at radius 1 is 1.19 bits per heavy atom. The Bertz CT molecular complexity index is 608. The van der Waals surface area contributed by atoms with Crippen LogP contribution in [0.15, 0.2) is 18.2 Å². The Morgan fingerprint density at radius 3 is 2.90 bits per heavy atom. The number of fused-ring (bicyclic) bond motifs is 1. The molecule has 3 N–H and O–H groups in total. The van der Waals surface area contributed by atoms with Crippen molar-refractivity contribution in [3.8, 4) is 0 Å². The van der Waals surface area contributed by atoms with Gasteiger partial charge in [-0.1, -0.05) is 6.07 Å². The third-order valence-corrected chi connectivity index (χ3v) is 4.57. The highest BCUT2D eigenvalue weighted by Crippen LogP contribution is 2.23. The number of aromatic nitrogens is 2. The van der Waals surface area contributed by atoms with Crippen molar-refractivity contribution in [3.05, 3.63) is 29.6 Å². The minimum atomic E-state index is 0.411. The van der Waals surface area contributed by atoms with E-state index in [1.807, 2.05) is 0 Å². The molecule has 2 aliphatic heterocycles. The number of H-pyrrole nitrogens is 1. The minimum Gasteiger partial charge on any atom is -0.341 e. The average Bonchev–Trinajstić information content (AvgIpc) is 3.17. The molecule has 2 fully saturated rings. The van der Waals surface area contributed by atoms with Crippen molar-refractivity contribution >= 4 is 11.0 Å². The van der Waals surface area contributed by atoms with Crippen molar-refractivity contribution < 1.29 is 0 Å². The van der Waals surface area contributed by atoms with Gasteiger partial charge in [0.15, 0.2) is 0 Å². The van der Waals surface area contributed by atoms with Gasteiger partial charge in [-0.15, -0.1) is 0 Å². The summed E-state index contributed by atoms with van der Waals surface area (Å²) in [6.45, 7) is 6.62. The van der Waals surface area contributed by atoms with Crippen molar-refractivity contribution in [2.24, 2.45) is 0 Å². The van der Waals surface area contributed by atoms with Crippen molar-refractivity contribution in [1.29, 1.82) is 0 Å². The molecule has 1 atom stereocenters. The Kier molecular flexibility index (Phi) is 3.63. The first-order chi connectivity index (χ1) is 10.4. The molecular weight excluding hydrogens is 262 g/mol. The van der Waals surface area contributed by atoms with Crippen molar-refractivity contribution in [3.63, 3.8) is 0 Å². The summed E-state index contributed by atoms with van der Waals surface area (Å²) in [7, 11) is 0. The van der Waals surface area contributed by atoms with Crippen molar-refractivity contribution in [2.45, 2.75) is 25.4 Å². The van der Waals surface area contributed by atoms with E-state index in [0.717, 1.165) is 50.6 Å². The molecule has 0 saturated carbocycles. The molecule has 0 bridgehead atoms. The molecule has 2 aliphatic rings. The molecule has 1 aromatic carbocycles. The first kappa shape index (κ1) is 13.2. The molecule has 0 radical (unpaired) electrons. The van der Waals surface area contributed by atoms with Gasteiger partial charge in [-0.2, -0.15) is 0 Å². The molecule has 0 spiro atoms. The molecule has 1 aromatic heterocycles. The lowest BCUT2D eigenvalue weighted by molar-refractivity contribution is 0.233. The van der Waals surface area contributed by atoms with E-state index in [-0.39, 0.29) is 0 Å². The van der Waals surface area contributed by atoms with E-state index >= 15 is 0 Å². The maximum atomic E-state index is 4.74. The second-order valence-corrected chi connectivity index (χ2v) is 6.15. The Labute approximate surface area is 125 Å². The van der Waals surface area contributed by atoms with Crippen LogP contribution in [0.2, 0.25) is 0 Å². The molecule has 5 heteroatoms. The fourth-order valence-electron chi connectivity index (χ4n) is 3.39. The summed E-state index contributed by atoms with van der Waals surface area (Å²) in [5, 5.41) is 6.91. The van der Waals surface area contributed by atoms with E-state index < -0.39 is 0 Å². The SMILES string of the molecule is c1cc2nc(C3CCCN3)[nH]c2cc1CN1CCNCC1. The van der Waals surface area contributed by atoms with E-state index in [1.54, 1.807) is 0 Å². The highest BCUT2D eigenvalue weighted by atomic mass is 15.2. The second kappa shape index (κ2) is 5.75. The molecule has 5 nitrogen and oxygen atoms in total. The number of rotatable bonds is 3. The van der Waals surface area contributed by atoms with E-state index in [9.17, 15) is 0 Å². The van der Waals surface area contributed by atoms with Gasteiger partial charge in [0.25, 0.3) is 0 Å².